The minimum absolute atomic E-state index is 0.0216. The van der Waals surface area contributed by atoms with E-state index in [4.69, 9.17) is 0 Å². The highest BCUT2D eigenvalue weighted by molar-refractivity contribution is 7.89. The molecule has 4 nitrogen and oxygen atoms in total. The molecule has 1 aliphatic heterocycles. The van der Waals surface area contributed by atoms with Crippen LogP contribution in [0.1, 0.15) is 32.1 Å². The van der Waals surface area contributed by atoms with E-state index in [0.29, 0.717) is 6.54 Å². The van der Waals surface area contributed by atoms with Crippen LogP contribution >= 0.6 is 0 Å². The zero-order valence-corrected chi connectivity index (χ0v) is 9.09. The van der Waals surface area contributed by atoms with Crippen molar-refractivity contribution in [1.29, 1.82) is 0 Å². The Labute approximate surface area is 85.0 Å². The molecule has 82 valence electrons. The van der Waals surface area contributed by atoms with Gasteiger partial charge in [0.25, 0.3) is 0 Å². The van der Waals surface area contributed by atoms with Crippen LogP contribution in [0.15, 0.2) is 0 Å². The van der Waals surface area contributed by atoms with E-state index < -0.39 is 15.6 Å². The molecule has 0 bridgehead atoms. The van der Waals surface area contributed by atoms with E-state index in [9.17, 15) is 13.5 Å². The van der Waals surface area contributed by atoms with Crippen molar-refractivity contribution in [1.82, 2.24) is 4.31 Å². The summed E-state index contributed by atoms with van der Waals surface area (Å²) in [5, 5.41) is 9.31. The molecule has 1 saturated carbocycles. The quantitative estimate of drug-likeness (QED) is 0.728. The third kappa shape index (κ3) is 1.47. The van der Waals surface area contributed by atoms with E-state index in [0.717, 1.165) is 32.1 Å². The summed E-state index contributed by atoms with van der Waals surface area (Å²) in [4.78, 5) is 0. The highest BCUT2D eigenvalue weighted by Crippen LogP contribution is 2.40. The predicted molar refractivity (Wildman–Crippen MR) is 53.4 cm³/mol. The molecule has 1 aliphatic carbocycles. The number of hydrogen-bond acceptors (Lipinski definition) is 3. The summed E-state index contributed by atoms with van der Waals surface area (Å²) < 4.78 is 25.2. The van der Waals surface area contributed by atoms with Crippen molar-refractivity contribution in [3.8, 4) is 0 Å². The Hall–Kier alpha value is -0.130. The summed E-state index contributed by atoms with van der Waals surface area (Å²) in [7, 11) is -3.08. The predicted octanol–water partition coefficient (Wildman–Crippen LogP) is 0.327. The van der Waals surface area contributed by atoms with Crippen LogP contribution in [0, 0.1) is 0 Å². The van der Waals surface area contributed by atoms with E-state index in [1.165, 1.54) is 0 Å². The van der Waals surface area contributed by atoms with E-state index in [1.54, 1.807) is 4.31 Å². The Balaban J connectivity index is 2.23. The second-order valence-electron chi connectivity index (χ2n) is 4.33. The number of sulfonamides is 1. The van der Waals surface area contributed by atoms with E-state index in [-0.39, 0.29) is 12.4 Å². The largest absolute Gasteiger partial charge is 0.394 e. The number of rotatable bonds is 2. The molecule has 0 unspecified atom stereocenters. The first kappa shape index (κ1) is 10.4. The molecule has 0 amide bonds. The fourth-order valence-electron chi connectivity index (χ4n) is 2.39. The van der Waals surface area contributed by atoms with Gasteiger partial charge in [-0.3, -0.25) is 0 Å². The number of hydrogen-bond donors (Lipinski definition) is 1. The van der Waals surface area contributed by atoms with Gasteiger partial charge in [0.05, 0.1) is 17.9 Å². The molecule has 0 aromatic heterocycles. The Kier molecular flexibility index (Phi) is 2.57. The maximum Gasteiger partial charge on any atom is 0.214 e. The van der Waals surface area contributed by atoms with Crippen molar-refractivity contribution in [3.63, 3.8) is 0 Å². The van der Waals surface area contributed by atoms with Crippen LogP contribution in [0.2, 0.25) is 0 Å². The molecule has 0 aromatic rings. The average molecular weight is 219 g/mol. The average Bonchev–Trinajstić information content (AvgIpc) is 2.06. The lowest BCUT2D eigenvalue weighted by atomic mass is 9.77. The molecule has 0 spiro atoms. The summed E-state index contributed by atoms with van der Waals surface area (Å²) in [6, 6.07) is 0. The summed E-state index contributed by atoms with van der Waals surface area (Å²) >= 11 is 0. The van der Waals surface area contributed by atoms with Gasteiger partial charge in [-0.1, -0.05) is 0 Å². The van der Waals surface area contributed by atoms with Gasteiger partial charge >= 0.3 is 0 Å². The van der Waals surface area contributed by atoms with Crippen molar-refractivity contribution in [2.45, 2.75) is 37.6 Å². The lowest BCUT2D eigenvalue weighted by Crippen LogP contribution is -2.60. The molecular formula is C9H17NO3S. The summed E-state index contributed by atoms with van der Waals surface area (Å²) in [5.41, 5.74) is -0.431. The van der Waals surface area contributed by atoms with Crippen molar-refractivity contribution in [3.05, 3.63) is 0 Å². The lowest BCUT2D eigenvalue weighted by Gasteiger charge is -2.49. The van der Waals surface area contributed by atoms with Crippen molar-refractivity contribution in [2.75, 3.05) is 18.9 Å². The third-order valence-electron chi connectivity index (χ3n) is 3.46. The van der Waals surface area contributed by atoms with Crippen LogP contribution in [-0.4, -0.2) is 42.3 Å². The molecule has 2 aliphatic rings. The number of aliphatic hydroxyl groups excluding tert-OH is 1. The number of nitrogens with zero attached hydrogens (tertiary/aromatic N) is 1. The second-order valence-corrected chi connectivity index (χ2v) is 6.34. The first-order valence-electron chi connectivity index (χ1n) is 5.22. The van der Waals surface area contributed by atoms with Crippen molar-refractivity contribution >= 4 is 10.0 Å². The Bertz CT molecular complexity index is 303. The first-order valence-corrected chi connectivity index (χ1v) is 6.83. The summed E-state index contributed by atoms with van der Waals surface area (Å²) in [5.74, 6) is 0.259. The van der Waals surface area contributed by atoms with Crippen molar-refractivity contribution in [2.24, 2.45) is 0 Å². The molecule has 14 heavy (non-hydrogen) atoms. The van der Waals surface area contributed by atoms with Crippen LogP contribution in [0.3, 0.4) is 0 Å². The van der Waals surface area contributed by atoms with Gasteiger partial charge in [0.2, 0.25) is 10.0 Å². The first-order chi connectivity index (χ1) is 6.61. The normalized spacial score (nSPS) is 30.9. The highest BCUT2D eigenvalue weighted by Gasteiger charge is 2.47. The number of aliphatic hydroxyl groups is 1. The Morgan fingerprint density at radius 3 is 2.36 bits per heavy atom. The molecular weight excluding hydrogens is 202 g/mol. The summed E-state index contributed by atoms with van der Waals surface area (Å²) in [6.45, 7) is 0.578. The molecule has 1 N–H and O–H groups in total. The lowest BCUT2D eigenvalue weighted by molar-refractivity contribution is 0.0208. The van der Waals surface area contributed by atoms with Crippen molar-refractivity contribution < 1.29 is 13.5 Å². The van der Waals surface area contributed by atoms with Gasteiger partial charge in [-0.05, 0) is 32.1 Å². The minimum atomic E-state index is -3.08. The molecule has 2 fully saturated rings. The van der Waals surface area contributed by atoms with Gasteiger partial charge in [0.15, 0.2) is 0 Å². The molecule has 0 aromatic carbocycles. The maximum absolute atomic E-state index is 11.8. The van der Waals surface area contributed by atoms with Crippen LogP contribution in [0.4, 0.5) is 0 Å². The van der Waals surface area contributed by atoms with Gasteiger partial charge in [0, 0.05) is 6.54 Å². The van der Waals surface area contributed by atoms with E-state index in [2.05, 4.69) is 0 Å². The fourth-order valence-corrected chi connectivity index (χ4v) is 4.42. The monoisotopic (exact) mass is 219 g/mol. The van der Waals surface area contributed by atoms with E-state index in [1.807, 2.05) is 0 Å². The zero-order valence-electron chi connectivity index (χ0n) is 8.28. The Morgan fingerprint density at radius 2 is 1.93 bits per heavy atom. The molecule has 0 atom stereocenters. The van der Waals surface area contributed by atoms with Crippen LogP contribution in [0.25, 0.3) is 0 Å². The smallest absolute Gasteiger partial charge is 0.214 e. The van der Waals surface area contributed by atoms with E-state index >= 15 is 0 Å². The molecule has 2 rings (SSSR count). The third-order valence-corrected chi connectivity index (χ3v) is 5.50. The SMILES string of the molecule is O=S1(=O)CCCCN1C1(CO)CCC1. The minimum Gasteiger partial charge on any atom is -0.394 e. The maximum atomic E-state index is 11.8. The van der Waals surface area contributed by atoms with Gasteiger partial charge in [-0.2, -0.15) is 4.31 Å². The van der Waals surface area contributed by atoms with Gasteiger partial charge in [-0.25, -0.2) is 8.42 Å². The highest BCUT2D eigenvalue weighted by atomic mass is 32.2. The fraction of sp³-hybridized carbons (Fsp3) is 1.00. The van der Waals surface area contributed by atoms with Gasteiger partial charge in [0.1, 0.15) is 0 Å². The summed E-state index contributed by atoms with van der Waals surface area (Å²) in [6.07, 6.45) is 4.37. The second kappa shape index (κ2) is 3.47. The van der Waals surface area contributed by atoms with Crippen LogP contribution in [-0.2, 0) is 10.0 Å². The standard InChI is InChI=1S/C9H17NO3S/c11-8-9(4-3-5-9)10-6-1-2-7-14(10,12)13/h11H,1-8H2. The zero-order chi connectivity index (χ0) is 10.2. The Morgan fingerprint density at radius 1 is 1.21 bits per heavy atom. The molecule has 1 saturated heterocycles. The molecule has 1 heterocycles. The molecule has 5 heteroatoms. The van der Waals surface area contributed by atoms with Crippen LogP contribution < -0.4 is 0 Å². The topological polar surface area (TPSA) is 57.6 Å². The van der Waals surface area contributed by atoms with Crippen LogP contribution in [0.5, 0.6) is 0 Å². The van der Waals surface area contributed by atoms with Gasteiger partial charge < -0.3 is 5.11 Å². The van der Waals surface area contributed by atoms with Gasteiger partial charge in [-0.15, -0.1) is 0 Å². The molecule has 0 radical (unpaired) electrons.